The van der Waals surface area contributed by atoms with E-state index in [-0.39, 0.29) is 12.1 Å². The van der Waals surface area contributed by atoms with E-state index in [9.17, 15) is 0 Å². The van der Waals surface area contributed by atoms with Crippen molar-refractivity contribution in [2.75, 3.05) is 6.26 Å². The Bertz CT molecular complexity index is 499. The molecule has 0 aliphatic carbocycles. The number of nitrogens with two attached hydrogens (primary N) is 1. The fraction of sp³-hybridized carbons (Fsp3) is 0.333. The Hall–Kier alpha value is -0.970. The number of rotatable bonds is 6. The molecule has 2 N–H and O–H groups in total. The Morgan fingerprint density at radius 2 is 2.05 bits per heavy atom. The van der Waals surface area contributed by atoms with Crippen LogP contribution in [0, 0.1) is 0 Å². The van der Waals surface area contributed by atoms with Crippen LogP contribution in [0.15, 0.2) is 46.7 Å². The van der Waals surface area contributed by atoms with Crippen molar-refractivity contribution in [2.45, 2.75) is 30.4 Å². The van der Waals surface area contributed by atoms with Gasteiger partial charge in [-0.15, -0.1) is 23.1 Å². The molecule has 1 aromatic heterocycles. The highest BCUT2D eigenvalue weighted by molar-refractivity contribution is 7.98. The molecular weight excluding hydrogens is 274 g/mol. The molecule has 0 amide bonds. The minimum absolute atomic E-state index is 0.00793. The third kappa shape index (κ3) is 3.53. The van der Waals surface area contributed by atoms with Gasteiger partial charge in [0, 0.05) is 15.8 Å². The smallest absolute Gasteiger partial charge is 0.148 e. The Kier molecular flexibility index (Phi) is 5.31. The number of hydrogen-bond acceptors (Lipinski definition) is 4. The molecule has 2 atom stereocenters. The fourth-order valence-electron chi connectivity index (χ4n) is 1.88. The maximum Gasteiger partial charge on any atom is 0.148 e. The summed E-state index contributed by atoms with van der Waals surface area (Å²) < 4.78 is 6.20. The van der Waals surface area contributed by atoms with Crippen molar-refractivity contribution in [2.24, 2.45) is 5.73 Å². The number of thiophene rings is 1. The summed E-state index contributed by atoms with van der Waals surface area (Å²) in [5.41, 5.74) is 6.22. The second-order valence-electron chi connectivity index (χ2n) is 4.28. The fourth-order valence-corrected chi connectivity index (χ4v) is 3.24. The molecule has 0 radical (unpaired) electrons. The van der Waals surface area contributed by atoms with Crippen LogP contribution < -0.4 is 10.5 Å². The molecule has 2 nitrogen and oxygen atoms in total. The summed E-state index contributed by atoms with van der Waals surface area (Å²) in [6, 6.07) is 12.2. The Balaban J connectivity index is 2.25. The van der Waals surface area contributed by atoms with Crippen molar-refractivity contribution in [3.05, 3.63) is 46.7 Å². The first-order chi connectivity index (χ1) is 9.26. The highest BCUT2D eigenvalue weighted by Gasteiger charge is 2.22. The van der Waals surface area contributed by atoms with E-state index in [1.807, 2.05) is 24.3 Å². The molecule has 1 aromatic carbocycles. The molecule has 0 saturated heterocycles. The van der Waals surface area contributed by atoms with Gasteiger partial charge in [0.25, 0.3) is 0 Å². The van der Waals surface area contributed by atoms with Gasteiger partial charge in [-0.05, 0) is 36.3 Å². The molecule has 4 heteroatoms. The molecular formula is C15H19NOS2. The molecule has 1 heterocycles. The van der Waals surface area contributed by atoms with Crippen molar-refractivity contribution in [3.63, 3.8) is 0 Å². The van der Waals surface area contributed by atoms with Crippen LogP contribution in [0.5, 0.6) is 5.75 Å². The summed E-state index contributed by atoms with van der Waals surface area (Å²) in [5.74, 6) is 0.914. The van der Waals surface area contributed by atoms with Crippen LogP contribution in [0.4, 0.5) is 0 Å². The maximum atomic E-state index is 6.22. The van der Waals surface area contributed by atoms with Crippen molar-refractivity contribution >= 4 is 23.1 Å². The molecule has 0 fully saturated rings. The zero-order chi connectivity index (χ0) is 13.7. The zero-order valence-corrected chi connectivity index (χ0v) is 12.8. The monoisotopic (exact) mass is 293 g/mol. The Morgan fingerprint density at radius 1 is 1.26 bits per heavy atom. The highest BCUT2D eigenvalue weighted by atomic mass is 32.2. The summed E-state index contributed by atoms with van der Waals surface area (Å²) in [5, 5.41) is 2.06. The lowest BCUT2D eigenvalue weighted by molar-refractivity contribution is 0.170. The van der Waals surface area contributed by atoms with E-state index in [0.29, 0.717) is 0 Å². The standard InChI is InChI=1S/C15H19NOS2/c1-3-11(16)15(14-9-6-10-19-14)17-12-7-4-5-8-13(12)18-2/h4-11,15H,3,16H2,1-2H3. The van der Waals surface area contributed by atoms with Gasteiger partial charge in [0.15, 0.2) is 0 Å². The Labute approximate surface area is 123 Å². The number of hydrogen-bond donors (Lipinski definition) is 1. The van der Waals surface area contributed by atoms with Crippen LogP contribution in [0.3, 0.4) is 0 Å². The highest BCUT2D eigenvalue weighted by Crippen LogP contribution is 2.33. The summed E-state index contributed by atoms with van der Waals surface area (Å²) in [6.07, 6.45) is 2.88. The van der Waals surface area contributed by atoms with Gasteiger partial charge in [-0.25, -0.2) is 0 Å². The first-order valence-corrected chi connectivity index (χ1v) is 8.45. The van der Waals surface area contributed by atoms with E-state index >= 15 is 0 Å². The average molecular weight is 293 g/mol. The number of para-hydroxylation sites is 1. The molecule has 0 aliphatic rings. The quantitative estimate of drug-likeness (QED) is 0.805. The molecule has 102 valence electrons. The minimum atomic E-state index is -0.0710. The van der Waals surface area contributed by atoms with E-state index in [1.54, 1.807) is 23.1 Å². The van der Waals surface area contributed by atoms with Crippen LogP contribution in [0.1, 0.15) is 24.3 Å². The van der Waals surface area contributed by atoms with Crippen LogP contribution >= 0.6 is 23.1 Å². The van der Waals surface area contributed by atoms with Gasteiger partial charge in [-0.2, -0.15) is 0 Å². The van der Waals surface area contributed by atoms with Gasteiger partial charge in [0.05, 0.1) is 0 Å². The topological polar surface area (TPSA) is 35.2 Å². The third-order valence-corrected chi connectivity index (χ3v) is 4.72. The molecule has 0 saturated carbocycles. The predicted molar refractivity (Wildman–Crippen MR) is 84.2 cm³/mol. The van der Waals surface area contributed by atoms with E-state index in [1.165, 1.54) is 4.88 Å². The molecule has 0 bridgehead atoms. The largest absolute Gasteiger partial charge is 0.482 e. The minimum Gasteiger partial charge on any atom is -0.482 e. The first kappa shape index (κ1) is 14.4. The molecule has 0 spiro atoms. The first-order valence-electron chi connectivity index (χ1n) is 6.35. The number of benzene rings is 1. The average Bonchev–Trinajstić information content (AvgIpc) is 2.98. The number of thioether (sulfide) groups is 1. The lowest BCUT2D eigenvalue weighted by Crippen LogP contribution is -2.31. The van der Waals surface area contributed by atoms with E-state index < -0.39 is 0 Å². The van der Waals surface area contributed by atoms with E-state index in [2.05, 4.69) is 30.7 Å². The van der Waals surface area contributed by atoms with Crippen molar-refractivity contribution < 1.29 is 4.74 Å². The molecule has 2 aromatic rings. The van der Waals surface area contributed by atoms with Gasteiger partial charge >= 0.3 is 0 Å². The van der Waals surface area contributed by atoms with Crippen LogP contribution in [-0.4, -0.2) is 12.3 Å². The zero-order valence-electron chi connectivity index (χ0n) is 11.2. The van der Waals surface area contributed by atoms with Gasteiger partial charge in [-0.1, -0.05) is 25.1 Å². The predicted octanol–water partition coefficient (Wildman–Crippen LogP) is 4.33. The van der Waals surface area contributed by atoms with Crippen LogP contribution in [0.25, 0.3) is 0 Å². The second kappa shape index (κ2) is 6.98. The van der Waals surface area contributed by atoms with E-state index in [0.717, 1.165) is 17.1 Å². The van der Waals surface area contributed by atoms with Gasteiger partial charge in [0.1, 0.15) is 11.9 Å². The summed E-state index contributed by atoms with van der Waals surface area (Å²) in [6.45, 7) is 2.09. The molecule has 2 unspecified atom stereocenters. The van der Waals surface area contributed by atoms with Crippen LogP contribution in [0.2, 0.25) is 0 Å². The van der Waals surface area contributed by atoms with Crippen LogP contribution in [-0.2, 0) is 0 Å². The molecule has 0 aliphatic heterocycles. The van der Waals surface area contributed by atoms with Gasteiger partial charge < -0.3 is 10.5 Å². The summed E-state index contributed by atoms with van der Waals surface area (Å²) in [7, 11) is 0. The van der Waals surface area contributed by atoms with Crippen molar-refractivity contribution in [1.82, 2.24) is 0 Å². The van der Waals surface area contributed by atoms with Gasteiger partial charge in [-0.3, -0.25) is 0 Å². The third-order valence-electron chi connectivity index (χ3n) is 3.01. The SMILES string of the molecule is CCC(N)C(Oc1ccccc1SC)c1cccs1. The van der Waals surface area contributed by atoms with Crippen molar-refractivity contribution in [3.8, 4) is 5.75 Å². The summed E-state index contributed by atoms with van der Waals surface area (Å²) >= 11 is 3.39. The molecule has 2 rings (SSSR count). The van der Waals surface area contributed by atoms with Crippen molar-refractivity contribution in [1.29, 1.82) is 0 Å². The summed E-state index contributed by atoms with van der Waals surface area (Å²) in [4.78, 5) is 2.33. The van der Waals surface area contributed by atoms with E-state index in [4.69, 9.17) is 10.5 Å². The lowest BCUT2D eigenvalue weighted by Gasteiger charge is -2.24. The normalized spacial score (nSPS) is 14.1. The van der Waals surface area contributed by atoms with Gasteiger partial charge in [0.2, 0.25) is 0 Å². The number of ether oxygens (including phenoxy) is 1. The molecule has 19 heavy (non-hydrogen) atoms. The second-order valence-corrected chi connectivity index (χ2v) is 6.10. The Morgan fingerprint density at radius 3 is 2.68 bits per heavy atom. The maximum absolute atomic E-state index is 6.22. The lowest BCUT2D eigenvalue weighted by atomic mass is 10.1.